The second-order valence-corrected chi connectivity index (χ2v) is 7.29. The molecular formula is C17H18FNO2S2. The zero-order valence-corrected chi connectivity index (χ0v) is 14.4. The summed E-state index contributed by atoms with van der Waals surface area (Å²) in [6, 6.07) is 7.26. The highest BCUT2D eigenvalue weighted by molar-refractivity contribution is 8.00. The molecule has 1 saturated carbocycles. The van der Waals surface area contributed by atoms with Crippen LogP contribution in [0.2, 0.25) is 0 Å². The average molecular weight is 351 g/mol. The minimum absolute atomic E-state index is 0.221. The summed E-state index contributed by atoms with van der Waals surface area (Å²) in [5.74, 6) is -0.110. The highest BCUT2D eigenvalue weighted by Gasteiger charge is 2.19. The number of ether oxygens (including phenoxy) is 1. The molecule has 1 fully saturated rings. The predicted molar refractivity (Wildman–Crippen MR) is 92.7 cm³/mol. The standard InChI is InChI=1S/C17H18FNO2S2/c1-21-17(20)16-14(8-9-22-16)19-23-15-7-6-12(10-13(15)18)11-4-2-3-5-11/h6-11,19H,2-5H2,1H3. The number of anilines is 1. The zero-order chi connectivity index (χ0) is 16.2. The van der Waals surface area contributed by atoms with Crippen LogP contribution < -0.4 is 4.72 Å². The van der Waals surface area contributed by atoms with Crippen molar-refractivity contribution < 1.29 is 13.9 Å². The maximum atomic E-state index is 14.3. The Bertz CT molecular complexity index is 696. The molecule has 0 spiro atoms. The van der Waals surface area contributed by atoms with E-state index >= 15 is 0 Å². The molecule has 6 heteroatoms. The molecule has 1 N–H and O–H groups in total. The van der Waals surface area contributed by atoms with Gasteiger partial charge in [-0.1, -0.05) is 18.9 Å². The van der Waals surface area contributed by atoms with E-state index in [1.54, 1.807) is 17.5 Å². The van der Waals surface area contributed by atoms with Gasteiger partial charge >= 0.3 is 5.97 Å². The van der Waals surface area contributed by atoms with Crippen LogP contribution in [0, 0.1) is 5.82 Å². The van der Waals surface area contributed by atoms with Gasteiger partial charge in [0.05, 0.1) is 17.7 Å². The minimum atomic E-state index is -0.389. The number of rotatable bonds is 5. The first-order valence-electron chi connectivity index (χ1n) is 7.57. The molecule has 0 atom stereocenters. The first-order chi connectivity index (χ1) is 11.2. The first kappa shape index (κ1) is 16.3. The fourth-order valence-corrected chi connectivity index (χ4v) is 4.38. The van der Waals surface area contributed by atoms with Crippen molar-refractivity contribution in [3.8, 4) is 0 Å². The van der Waals surface area contributed by atoms with Crippen molar-refractivity contribution in [1.29, 1.82) is 0 Å². The highest BCUT2D eigenvalue weighted by Crippen LogP contribution is 2.36. The molecule has 0 radical (unpaired) electrons. The van der Waals surface area contributed by atoms with Crippen LogP contribution in [0.15, 0.2) is 34.5 Å². The van der Waals surface area contributed by atoms with Gasteiger partial charge in [0.15, 0.2) is 0 Å². The Morgan fingerprint density at radius 3 is 2.83 bits per heavy atom. The Morgan fingerprint density at radius 2 is 2.13 bits per heavy atom. The maximum absolute atomic E-state index is 14.3. The van der Waals surface area contributed by atoms with Crippen molar-refractivity contribution in [2.75, 3.05) is 11.8 Å². The summed E-state index contributed by atoms with van der Waals surface area (Å²) in [4.78, 5) is 12.6. The smallest absolute Gasteiger partial charge is 0.350 e. The lowest BCUT2D eigenvalue weighted by Crippen LogP contribution is -2.01. The normalized spacial score (nSPS) is 14.9. The van der Waals surface area contributed by atoms with Gasteiger partial charge in [0.1, 0.15) is 10.7 Å². The van der Waals surface area contributed by atoms with Crippen molar-refractivity contribution in [2.45, 2.75) is 36.5 Å². The predicted octanol–water partition coefficient (Wildman–Crippen LogP) is 5.45. The average Bonchev–Trinajstić information content (AvgIpc) is 3.24. The number of carbonyl (C=O) groups is 1. The third-order valence-electron chi connectivity index (χ3n) is 4.09. The SMILES string of the molecule is COC(=O)c1sccc1NSc1ccc(C2CCCC2)cc1F. The number of carbonyl (C=O) groups excluding carboxylic acids is 1. The molecule has 0 saturated heterocycles. The molecule has 1 aliphatic carbocycles. The van der Waals surface area contributed by atoms with Crippen LogP contribution in [0.3, 0.4) is 0 Å². The van der Waals surface area contributed by atoms with Crippen molar-refractivity contribution in [3.05, 3.63) is 45.9 Å². The van der Waals surface area contributed by atoms with E-state index in [4.69, 9.17) is 4.74 Å². The molecule has 1 aliphatic rings. The number of esters is 1. The molecule has 1 heterocycles. The third-order valence-corrected chi connectivity index (χ3v) is 5.86. The van der Waals surface area contributed by atoms with Gasteiger partial charge in [-0.15, -0.1) is 11.3 Å². The first-order valence-corrected chi connectivity index (χ1v) is 9.26. The zero-order valence-electron chi connectivity index (χ0n) is 12.8. The second kappa shape index (κ2) is 7.36. The van der Waals surface area contributed by atoms with E-state index < -0.39 is 0 Å². The molecule has 0 aliphatic heterocycles. The quantitative estimate of drug-likeness (QED) is 0.574. The van der Waals surface area contributed by atoms with Crippen LogP contribution in [0.1, 0.15) is 46.8 Å². The summed E-state index contributed by atoms with van der Waals surface area (Å²) < 4.78 is 22.1. The summed E-state index contributed by atoms with van der Waals surface area (Å²) in [6.45, 7) is 0. The van der Waals surface area contributed by atoms with Crippen LogP contribution in [0.25, 0.3) is 0 Å². The van der Waals surface area contributed by atoms with Gasteiger partial charge in [0.25, 0.3) is 0 Å². The Kier molecular flexibility index (Phi) is 5.23. The Balaban J connectivity index is 1.69. The van der Waals surface area contributed by atoms with Crippen LogP contribution in [0.4, 0.5) is 10.1 Å². The molecule has 3 nitrogen and oxygen atoms in total. The lowest BCUT2D eigenvalue weighted by Gasteiger charge is -2.12. The van der Waals surface area contributed by atoms with Gasteiger partial charge in [-0.25, -0.2) is 9.18 Å². The van der Waals surface area contributed by atoms with E-state index in [1.165, 1.54) is 43.2 Å². The van der Waals surface area contributed by atoms with Crippen LogP contribution in [-0.4, -0.2) is 13.1 Å². The molecule has 1 aromatic heterocycles. The van der Waals surface area contributed by atoms with E-state index in [9.17, 15) is 9.18 Å². The number of hydrogen-bond acceptors (Lipinski definition) is 5. The third kappa shape index (κ3) is 3.70. The van der Waals surface area contributed by atoms with Crippen molar-refractivity contribution in [2.24, 2.45) is 0 Å². The van der Waals surface area contributed by atoms with Gasteiger partial charge in [0, 0.05) is 0 Å². The van der Waals surface area contributed by atoms with E-state index in [1.807, 2.05) is 12.1 Å². The van der Waals surface area contributed by atoms with Crippen LogP contribution >= 0.6 is 23.3 Å². The number of halogens is 1. The summed E-state index contributed by atoms with van der Waals surface area (Å²) in [7, 11) is 1.35. The van der Waals surface area contributed by atoms with Crippen molar-refractivity contribution >= 4 is 34.9 Å². The van der Waals surface area contributed by atoms with Gasteiger partial charge in [0.2, 0.25) is 0 Å². The Morgan fingerprint density at radius 1 is 1.35 bits per heavy atom. The van der Waals surface area contributed by atoms with E-state index in [0.29, 0.717) is 21.4 Å². The van der Waals surface area contributed by atoms with E-state index in [2.05, 4.69) is 4.72 Å². The highest BCUT2D eigenvalue weighted by atomic mass is 32.2. The summed E-state index contributed by atoms with van der Waals surface area (Å²) in [5.41, 5.74) is 1.74. The number of thiophene rings is 1. The molecule has 0 unspecified atom stereocenters. The molecule has 122 valence electrons. The van der Waals surface area contributed by atoms with Gasteiger partial charge in [-0.3, -0.25) is 0 Å². The maximum Gasteiger partial charge on any atom is 0.350 e. The fourth-order valence-electron chi connectivity index (χ4n) is 2.86. The van der Waals surface area contributed by atoms with Crippen LogP contribution in [0.5, 0.6) is 0 Å². The number of nitrogens with one attached hydrogen (secondary N) is 1. The molecule has 2 aromatic rings. The van der Waals surface area contributed by atoms with Crippen molar-refractivity contribution in [3.63, 3.8) is 0 Å². The number of methoxy groups -OCH3 is 1. The topological polar surface area (TPSA) is 38.3 Å². The molecule has 23 heavy (non-hydrogen) atoms. The minimum Gasteiger partial charge on any atom is -0.465 e. The van der Waals surface area contributed by atoms with Gasteiger partial charge in [-0.2, -0.15) is 0 Å². The molecule has 3 rings (SSSR count). The summed E-state index contributed by atoms with van der Waals surface area (Å²) >= 11 is 2.47. The number of benzene rings is 1. The summed E-state index contributed by atoms with van der Waals surface area (Å²) in [6.07, 6.45) is 4.78. The molecular weight excluding hydrogens is 333 g/mol. The number of hydrogen-bond donors (Lipinski definition) is 1. The fraction of sp³-hybridized carbons (Fsp3) is 0.353. The Labute approximate surface area is 143 Å². The second-order valence-electron chi connectivity index (χ2n) is 5.53. The Hall–Kier alpha value is -1.53. The lowest BCUT2D eigenvalue weighted by atomic mass is 9.98. The van der Waals surface area contributed by atoms with E-state index in [-0.39, 0.29) is 11.8 Å². The van der Waals surface area contributed by atoms with Crippen LogP contribution in [-0.2, 0) is 4.74 Å². The van der Waals surface area contributed by atoms with Gasteiger partial charge < -0.3 is 9.46 Å². The lowest BCUT2D eigenvalue weighted by molar-refractivity contribution is 0.0607. The van der Waals surface area contributed by atoms with Gasteiger partial charge in [-0.05, 0) is 59.9 Å². The summed E-state index contributed by atoms with van der Waals surface area (Å²) in [5, 5.41) is 1.80. The molecule has 0 bridgehead atoms. The monoisotopic (exact) mass is 351 g/mol. The van der Waals surface area contributed by atoms with Crippen molar-refractivity contribution in [1.82, 2.24) is 0 Å². The molecule has 0 amide bonds. The largest absolute Gasteiger partial charge is 0.465 e. The molecule has 1 aromatic carbocycles. The van der Waals surface area contributed by atoms with E-state index in [0.717, 1.165) is 18.4 Å².